The fourth-order valence-electron chi connectivity index (χ4n) is 2.50. The van der Waals surface area contributed by atoms with Crippen molar-refractivity contribution in [2.45, 2.75) is 25.7 Å². The third-order valence-electron chi connectivity index (χ3n) is 3.29. The third kappa shape index (κ3) is 4.31. The van der Waals surface area contributed by atoms with Gasteiger partial charge in [0.05, 0.1) is 0 Å². The maximum Gasteiger partial charge on any atom is 0.0406 e. The van der Waals surface area contributed by atoms with Gasteiger partial charge in [-0.3, -0.25) is 0 Å². The lowest BCUT2D eigenvalue weighted by atomic mass is 10.0. The standard InChI is InChI=1S/C15H20ClN.ClH/c1-17(2)11-14-5-3-4-13(14)10-12-6-8-15(16)9-7-12;/h6-9H,3-5,10-11H2,1-2H3;1H. The maximum atomic E-state index is 5.91. The molecule has 0 atom stereocenters. The van der Waals surface area contributed by atoms with Gasteiger partial charge in [-0.15, -0.1) is 12.4 Å². The largest absolute Gasteiger partial charge is 0.305 e. The second-order valence-electron chi connectivity index (χ2n) is 5.10. The number of hydrogen-bond acceptors (Lipinski definition) is 1. The lowest BCUT2D eigenvalue weighted by Gasteiger charge is -2.13. The summed E-state index contributed by atoms with van der Waals surface area (Å²) in [5.74, 6) is 0. The molecule has 0 aromatic heterocycles. The van der Waals surface area contributed by atoms with Gasteiger partial charge in [0, 0.05) is 11.6 Å². The Labute approximate surface area is 121 Å². The molecule has 0 saturated heterocycles. The topological polar surface area (TPSA) is 3.24 Å². The van der Waals surface area contributed by atoms with Crippen molar-refractivity contribution in [1.82, 2.24) is 4.90 Å². The van der Waals surface area contributed by atoms with E-state index in [0.29, 0.717) is 0 Å². The number of hydrogen-bond donors (Lipinski definition) is 0. The number of halogens is 2. The molecule has 0 heterocycles. The highest BCUT2D eigenvalue weighted by Gasteiger charge is 2.15. The maximum absolute atomic E-state index is 5.91. The van der Waals surface area contributed by atoms with Crippen molar-refractivity contribution in [2.75, 3.05) is 20.6 Å². The van der Waals surface area contributed by atoms with Gasteiger partial charge in [0.1, 0.15) is 0 Å². The van der Waals surface area contributed by atoms with Gasteiger partial charge in [-0.1, -0.05) is 34.9 Å². The number of nitrogens with zero attached hydrogens (tertiary/aromatic N) is 1. The SMILES string of the molecule is CN(C)CC1=C(Cc2ccc(Cl)cc2)CCC1.Cl. The van der Waals surface area contributed by atoms with Gasteiger partial charge in [0.15, 0.2) is 0 Å². The molecule has 1 aromatic carbocycles. The van der Waals surface area contributed by atoms with E-state index in [9.17, 15) is 0 Å². The highest BCUT2D eigenvalue weighted by atomic mass is 35.5. The molecule has 0 radical (unpaired) electrons. The minimum Gasteiger partial charge on any atom is -0.305 e. The predicted octanol–water partition coefficient (Wildman–Crippen LogP) is 4.35. The number of benzene rings is 1. The van der Waals surface area contributed by atoms with E-state index in [1.807, 2.05) is 12.1 Å². The second kappa shape index (κ2) is 7.18. The number of likely N-dealkylation sites (N-methyl/N-ethyl adjacent to an activating group) is 1. The average molecular weight is 286 g/mol. The Morgan fingerprint density at radius 3 is 2.28 bits per heavy atom. The van der Waals surface area contributed by atoms with Crippen molar-refractivity contribution < 1.29 is 0 Å². The lowest BCUT2D eigenvalue weighted by molar-refractivity contribution is 0.440. The van der Waals surface area contributed by atoms with Gasteiger partial charge in [0.25, 0.3) is 0 Å². The second-order valence-corrected chi connectivity index (χ2v) is 5.54. The molecule has 1 aromatic rings. The average Bonchev–Trinajstić information content (AvgIpc) is 2.68. The summed E-state index contributed by atoms with van der Waals surface area (Å²) in [5, 5.41) is 0.822. The van der Waals surface area contributed by atoms with E-state index < -0.39 is 0 Å². The van der Waals surface area contributed by atoms with Crippen LogP contribution in [0.5, 0.6) is 0 Å². The van der Waals surface area contributed by atoms with Gasteiger partial charge >= 0.3 is 0 Å². The van der Waals surface area contributed by atoms with Gasteiger partial charge < -0.3 is 4.90 Å². The van der Waals surface area contributed by atoms with Crippen molar-refractivity contribution in [3.8, 4) is 0 Å². The van der Waals surface area contributed by atoms with Crippen molar-refractivity contribution in [3.05, 3.63) is 46.0 Å². The van der Waals surface area contributed by atoms with Crippen LogP contribution < -0.4 is 0 Å². The first-order valence-electron chi connectivity index (χ1n) is 6.24. The molecular weight excluding hydrogens is 265 g/mol. The van der Waals surface area contributed by atoms with Crippen molar-refractivity contribution in [1.29, 1.82) is 0 Å². The summed E-state index contributed by atoms with van der Waals surface area (Å²) in [7, 11) is 4.29. The number of rotatable bonds is 4. The van der Waals surface area contributed by atoms with Crippen molar-refractivity contribution >= 4 is 24.0 Å². The van der Waals surface area contributed by atoms with E-state index in [1.165, 1.54) is 24.8 Å². The van der Waals surface area contributed by atoms with Crippen LogP contribution in [-0.2, 0) is 6.42 Å². The molecule has 0 spiro atoms. The molecule has 1 nitrogen and oxygen atoms in total. The molecule has 0 N–H and O–H groups in total. The van der Waals surface area contributed by atoms with E-state index in [-0.39, 0.29) is 12.4 Å². The molecule has 1 aliphatic carbocycles. The molecule has 0 amide bonds. The Hall–Kier alpha value is -0.500. The predicted molar refractivity (Wildman–Crippen MR) is 81.8 cm³/mol. The lowest BCUT2D eigenvalue weighted by Crippen LogP contribution is -2.15. The quantitative estimate of drug-likeness (QED) is 0.744. The molecular formula is C15H21Cl2N. The van der Waals surface area contributed by atoms with Crippen molar-refractivity contribution in [3.63, 3.8) is 0 Å². The van der Waals surface area contributed by atoms with Gasteiger partial charge in [0.2, 0.25) is 0 Å². The molecule has 0 fully saturated rings. The van der Waals surface area contributed by atoms with Gasteiger partial charge in [-0.2, -0.15) is 0 Å². The molecule has 0 aliphatic heterocycles. The summed E-state index contributed by atoms with van der Waals surface area (Å²) in [5.41, 5.74) is 4.66. The normalized spacial score (nSPS) is 15.1. The Kier molecular flexibility index (Phi) is 6.20. The molecule has 2 rings (SSSR count). The Bertz CT molecular complexity index is 407. The van der Waals surface area contributed by atoms with Crippen LogP contribution in [0.4, 0.5) is 0 Å². The molecule has 1 aliphatic rings. The van der Waals surface area contributed by atoms with E-state index in [2.05, 4.69) is 31.1 Å². The summed E-state index contributed by atoms with van der Waals surface area (Å²) in [6.45, 7) is 1.11. The van der Waals surface area contributed by atoms with Gasteiger partial charge in [-0.05, 0) is 57.5 Å². The van der Waals surface area contributed by atoms with E-state index in [0.717, 1.165) is 18.0 Å². The summed E-state index contributed by atoms with van der Waals surface area (Å²) in [6.07, 6.45) is 4.97. The zero-order valence-corrected chi connectivity index (χ0v) is 12.7. The number of allylic oxidation sites excluding steroid dienone is 1. The third-order valence-corrected chi connectivity index (χ3v) is 3.55. The summed E-state index contributed by atoms with van der Waals surface area (Å²) >= 11 is 5.91. The van der Waals surface area contributed by atoms with E-state index >= 15 is 0 Å². The Morgan fingerprint density at radius 2 is 1.67 bits per heavy atom. The zero-order valence-electron chi connectivity index (χ0n) is 11.1. The van der Waals surface area contributed by atoms with Crippen LogP contribution >= 0.6 is 24.0 Å². The van der Waals surface area contributed by atoms with Crippen LogP contribution in [0.15, 0.2) is 35.4 Å². The highest BCUT2D eigenvalue weighted by Crippen LogP contribution is 2.29. The van der Waals surface area contributed by atoms with E-state index in [4.69, 9.17) is 11.6 Å². The van der Waals surface area contributed by atoms with Crippen LogP contribution in [-0.4, -0.2) is 25.5 Å². The minimum atomic E-state index is 0. The van der Waals surface area contributed by atoms with Crippen LogP contribution in [0.25, 0.3) is 0 Å². The molecule has 0 unspecified atom stereocenters. The van der Waals surface area contributed by atoms with Crippen LogP contribution in [0.2, 0.25) is 5.02 Å². The van der Waals surface area contributed by atoms with Crippen LogP contribution in [0.3, 0.4) is 0 Å². The monoisotopic (exact) mass is 285 g/mol. The summed E-state index contributed by atoms with van der Waals surface area (Å²) < 4.78 is 0. The molecule has 18 heavy (non-hydrogen) atoms. The minimum absolute atomic E-state index is 0. The van der Waals surface area contributed by atoms with Crippen molar-refractivity contribution in [2.24, 2.45) is 0 Å². The van der Waals surface area contributed by atoms with E-state index in [1.54, 1.807) is 11.1 Å². The molecule has 0 bridgehead atoms. The fraction of sp³-hybridized carbons (Fsp3) is 0.467. The first-order valence-corrected chi connectivity index (χ1v) is 6.62. The first kappa shape index (κ1) is 15.6. The molecule has 3 heteroatoms. The van der Waals surface area contributed by atoms with Gasteiger partial charge in [-0.25, -0.2) is 0 Å². The molecule has 0 saturated carbocycles. The Morgan fingerprint density at radius 1 is 1.06 bits per heavy atom. The highest BCUT2D eigenvalue weighted by molar-refractivity contribution is 6.30. The fourth-order valence-corrected chi connectivity index (χ4v) is 2.63. The molecule has 100 valence electrons. The summed E-state index contributed by atoms with van der Waals surface area (Å²) in [4.78, 5) is 2.27. The van der Waals surface area contributed by atoms with Crippen LogP contribution in [0.1, 0.15) is 24.8 Å². The Balaban J connectivity index is 0.00000162. The summed E-state index contributed by atoms with van der Waals surface area (Å²) in [6, 6.07) is 8.25. The first-order chi connectivity index (χ1) is 8.15. The zero-order chi connectivity index (χ0) is 12.3. The smallest absolute Gasteiger partial charge is 0.0406 e. The van der Waals surface area contributed by atoms with Crippen LogP contribution in [0, 0.1) is 0 Å².